The molecule has 1 rings (SSSR count). The number of hydrogen-bond acceptors (Lipinski definition) is 2. The van der Waals surface area contributed by atoms with E-state index in [1.54, 1.807) is 0 Å². The van der Waals surface area contributed by atoms with Gasteiger partial charge in [0.1, 0.15) is 5.60 Å². The standard InChI is InChI=1S/C8H16FNO/c1-3-10-6-4-8(2,11-9)5-7-10/h3-7H2,1-2H3. The van der Waals surface area contributed by atoms with Crippen LogP contribution in [0.25, 0.3) is 0 Å². The largest absolute Gasteiger partial charge is 0.303 e. The fourth-order valence-corrected chi connectivity index (χ4v) is 1.42. The normalized spacial score (nSPS) is 25.4. The molecule has 0 aliphatic carbocycles. The molecule has 3 heteroatoms. The first kappa shape index (κ1) is 8.94. The first-order valence-electron chi connectivity index (χ1n) is 4.22. The van der Waals surface area contributed by atoms with Gasteiger partial charge in [-0.15, -0.1) is 0 Å². The lowest BCUT2D eigenvalue weighted by Crippen LogP contribution is -2.42. The van der Waals surface area contributed by atoms with E-state index < -0.39 is 5.60 Å². The minimum atomic E-state index is -0.508. The van der Waals surface area contributed by atoms with Crippen molar-refractivity contribution in [1.82, 2.24) is 4.90 Å². The van der Waals surface area contributed by atoms with E-state index in [-0.39, 0.29) is 0 Å². The molecule has 0 amide bonds. The van der Waals surface area contributed by atoms with Crippen molar-refractivity contribution < 1.29 is 9.47 Å². The van der Waals surface area contributed by atoms with Crippen molar-refractivity contribution in [1.29, 1.82) is 0 Å². The highest BCUT2D eigenvalue weighted by Gasteiger charge is 2.31. The van der Waals surface area contributed by atoms with Crippen LogP contribution in [0.3, 0.4) is 0 Å². The van der Waals surface area contributed by atoms with Crippen LogP contribution in [-0.4, -0.2) is 30.1 Å². The van der Waals surface area contributed by atoms with Gasteiger partial charge >= 0.3 is 0 Å². The molecule has 0 atom stereocenters. The molecule has 1 aliphatic rings. The Bertz CT molecular complexity index is 121. The van der Waals surface area contributed by atoms with Crippen LogP contribution in [0.2, 0.25) is 0 Å². The first-order valence-corrected chi connectivity index (χ1v) is 4.22. The maximum atomic E-state index is 12.0. The van der Waals surface area contributed by atoms with E-state index in [0.717, 1.165) is 32.5 Å². The summed E-state index contributed by atoms with van der Waals surface area (Å²) in [7, 11) is 0. The lowest BCUT2D eigenvalue weighted by atomic mass is 9.94. The molecule has 2 nitrogen and oxygen atoms in total. The third-order valence-electron chi connectivity index (χ3n) is 2.55. The average molecular weight is 161 g/mol. The van der Waals surface area contributed by atoms with Gasteiger partial charge in [0.05, 0.1) is 0 Å². The molecular weight excluding hydrogens is 145 g/mol. The minimum absolute atomic E-state index is 0.508. The highest BCUT2D eigenvalue weighted by Crippen LogP contribution is 2.25. The van der Waals surface area contributed by atoms with Crippen molar-refractivity contribution in [3.8, 4) is 0 Å². The van der Waals surface area contributed by atoms with Crippen LogP contribution < -0.4 is 0 Å². The third kappa shape index (κ3) is 2.14. The summed E-state index contributed by atoms with van der Waals surface area (Å²) in [6.07, 6.45) is 1.61. The van der Waals surface area contributed by atoms with Crippen LogP contribution in [0.1, 0.15) is 26.7 Å². The quantitative estimate of drug-likeness (QED) is 0.612. The maximum absolute atomic E-state index is 12.0. The van der Waals surface area contributed by atoms with Crippen molar-refractivity contribution in [2.75, 3.05) is 19.6 Å². The molecule has 66 valence electrons. The van der Waals surface area contributed by atoms with Gasteiger partial charge in [-0.25, -0.2) is 0 Å². The van der Waals surface area contributed by atoms with E-state index >= 15 is 0 Å². The number of rotatable bonds is 2. The molecular formula is C8H16FNO. The molecule has 0 aromatic rings. The Balaban J connectivity index is 2.35. The Morgan fingerprint density at radius 3 is 2.36 bits per heavy atom. The lowest BCUT2D eigenvalue weighted by Gasteiger charge is -2.35. The van der Waals surface area contributed by atoms with Gasteiger partial charge in [-0.3, -0.25) is 0 Å². The molecule has 0 bridgehead atoms. The molecule has 1 saturated heterocycles. The van der Waals surface area contributed by atoms with E-state index in [2.05, 4.69) is 16.8 Å². The zero-order valence-electron chi connectivity index (χ0n) is 7.27. The predicted octanol–water partition coefficient (Wildman–Crippen LogP) is 1.76. The molecule has 0 aromatic carbocycles. The van der Waals surface area contributed by atoms with Crippen molar-refractivity contribution in [2.45, 2.75) is 32.3 Å². The summed E-state index contributed by atoms with van der Waals surface area (Å²) < 4.78 is 12.0. The zero-order valence-corrected chi connectivity index (χ0v) is 7.27. The van der Waals surface area contributed by atoms with E-state index in [1.165, 1.54) is 0 Å². The summed E-state index contributed by atoms with van der Waals surface area (Å²) in [5.41, 5.74) is -0.508. The number of nitrogens with zero attached hydrogens (tertiary/aromatic N) is 1. The molecule has 1 fully saturated rings. The Hall–Kier alpha value is -0.150. The number of likely N-dealkylation sites (tertiary alicyclic amines) is 1. The second-order valence-electron chi connectivity index (χ2n) is 3.46. The topological polar surface area (TPSA) is 12.5 Å². The maximum Gasteiger partial charge on any atom is 0.109 e. The predicted molar refractivity (Wildman–Crippen MR) is 41.9 cm³/mol. The third-order valence-corrected chi connectivity index (χ3v) is 2.55. The lowest BCUT2D eigenvalue weighted by molar-refractivity contribution is -0.242. The van der Waals surface area contributed by atoms with Crippen LogP contribution in [0.5, 0.6) is 0 Å². The SMILES string of the molecule is CCN1CCC(C)(OF)CC1. The summed E-state index contributed by atoms with van der Waals surface area (Å²) in [6, 6.07) is 0. The summed E-state index contributed by atoms with van der Waals surface area (Å²) in [5.74, 6) is 0. The van der Waals surface area contributed by atoms with Crippen molar-refractivity contribution in [3.05, 3.63) is 0 Å². The molecule has 0 aromatic heterocycles. The highest BCUT2D eigenvalue weighted by molar-refractivity contribution is 4.81. The number of hydrogen-bond donors (Lipinski definition) is 0. The molecule has 11 heavy (non-hydrogen) atoms. The van der Waals surface area contributed by atoms with Gasteiger partial charge < -0.3 is 4.90 Å². The van der Waals surface area contributed by atoms with Crippen molar-refractivity contribution in [2.24, 2.45) is 0 Å². The van der Waals surface area contributed by atoms with E-state index in [1.807, 2.05) is 6.92 Å². The molecule has 0 unspecified atom stereocenters. The Kier molecular flexibility index (Phi) is 2.84. The van der Waals surface area contributed by atoms with Gasteiger partial charge in [-0.2, -0.15) is 4.94 Å². The Morgan fingerprint density at radius 2 is 2.00 bits per heavy atom. The molecule has 0 N–H and O–H groups in total. The minimum Gasteiger partial charge on any atom is -0.303 e. The van der Waals surface area contributed by atoms with Crippen LogP contribution in [-0.2, 0) is 4.94 Å². The van der Waals surface area contributed by atoms with Crippen LogP contribution in [0.4, 0.5) is 4.53 Å². The first-order chi connectivity index (χ1) is 5.20. The second kappa shape index (κ2) is 3.50. The second-order valence-corrected chi connectivity index (χ2v) is 3.46. The average Bonchev–Trinajstić information content (AvgIpc) is 2.06. The molecule has 1 aliphatic heterocycles. The van der Waals surface area contributed by atoms with Crippen LogP contribution in [0, 0.1) is 0 Å². The van der Waals surface area contributed by atoms with Gasteiger partial charge in [0.2, 0.25) is 0 Å². The number of piperidine rings is 1. The van der Waals surface area contributed by atoms with Crippen LogP contribution >= 0.6 is 0 Å². The number of halogens is 1. The summed E-state index contributed by atoms with van der Waals surface area (Å²) in [4.78, 5) is 6.25. The van der Waals surface area contributed by atoms with Crippen molar-refractivity contribution in [3.63, 3.8) is 0 Å². The Labute approximate surface area is 67.2 Å². The summed E-state index contributed by atoms with van der Waals surface area (Å²) in [6.45, 7) is 6.93. The van der Waals surface area contributed by atoms with Crippen molar-refractivity contribution >= 4 is 0 Å². The van der Waals surface area contributed by atoms with E-state index in [0.29, 0.717) is 0 Å². The summed E-state index contributed by atoms with van der Waals surface area (Å²) in [5, 5.41) is 0. The van der Waals surface area contributed by atoms with Gasteiger partial charge in [-0.05, 0) is 30.8 Å². The highest BCUT2D eigenvalue weighted by atomic mass is 19.3. The summed E-state index contributed by atoms with van der Waals surface area (Å²) >= 11 is 0. The van der Waals surface area contributed by atoms with Gasteiger partial charge in [0.15, 0.2) is 0 Å². The molecule has 0 spiro atoms. The monoisotopic (exact) mass is 161 g/mol. The van der Waals surface area contributed by atoms with Crippen LogP contribution in [0.15, 0.2) is 0 Å². The molecule has 0 radical (unpaired) electrons. The molecule has 0 saturated carbocycles. The fourth-order valence-electron chi connectivity index (χ4n) is 1.42. The smallest absolute Gasteiger partial charge is 0.109 e. The fraction of sp³-hybridized carbons (Fsp3) is 1.00. The van der Waals surface area contributed by atoms with Gasteiger partial charge in [-0.1, -0.05) is 6.92 Å². The van der Waals surface area contributed by atoms with E-state index in [4.69, 9.17) is 0 Å². The zero-order chi connectivity index (χ0) is 8.32. The molecule has 1 heterocycles. The Morgan fingerprint density at radius 1 is 1.45 bits per heavy atom. The van der Waals surface area contributed by atoms with Gasteiger partial charge in [0, 0.05) is 13.1 Å². The van der Waals surface area contributed by atoms with Gasteiger partial charge in [0.25, 0.3) is 0 Å². The van der Waals surface area contributed by atoms with E-state index in [9.17, 15) is 4.53 Å².